The Balaban J connectivity index is 2.54. The summed E-state index contributed by atoms with van der Waals surface area (Å²) in [7, 11) is 2.09. The molecule has 0 radical (unpaired) electrons. The highest BCUT2D eigenvalue weighted by molar-refractivity contribution is 5.66. The van der Waals surface area contributed by atoms with Gasteiger partial charge in [-0.3, -0.25) is 0 Å². The Morgan fingerprint density at radius 3 is 2.79 bits per heavy atom. The molecule has 0 bridgehead atoms. The Labute approximate surface area is 115 Å². The third-order valence-electron chi connectivity index (χ3n) is 2.93. The van der Waals surface area contributed by atoms with E-state index in [2.05, 4.69) is 41.1 Å². The normalized spacial score (nSPS) is 11.1. The molecule has 0 unspecified atom stereocenters. The maximum Gasteiger partial charge on any atom is 0.242 e. The smallest absolute Gasteiger partial charge is 0.242 e. The molecule has 3 N–H and O–H groups in total. The second kappa shape index (κ2) is 7.78. The summed E-state index contributed by atoms with van der Waals surface area (Å²) in [5, 5.41) is 3.22. The average Bonchev–Trinajstić information content (AvgIpc) is 2.39. The monoisotopic (exact) mass is 267 g/mol. The van der Waals surface area contributed by atoms with Crippen molar-refractivity contribution in [3.8, 4) is 5.88 Å². The van der Waals surface area contributed by atoms with E-state index in [0.29, 0.717) is 30.0 Å². The van der Waals surface area contributed by atoms with Crippen LogP contribution in [0.3, 0.4) is 0 Å². The maximum atomic E-state index is 5.97. The Bertz CT molecular complexity index is 383. The summed E-state index contributed by atoms with van der Waals surface area (Å²) in [6.45, 7) is 8.68. The van der Waals surface area contributed by atoms with E-state index in [1.807, 2.05) is 6.92 Å². The molecule has 0 aliphatic heterocycles. The molecule has 0 aromatic carbocycles. The second-order valence-electron chi connectivity index (χ2n) is 4.79. The lowest BCUT2D eigenvalue weighted by molar-refractivity contribution is 0.284. The number of nitrogens with two attached hydrogens (primary N) is 1. The molecule has 6 heteroatoms. The lowest BCUT2D eigenvalue weighted by Gasteiger charge is -2.21. The Morgan fingerprint density at radius 1 is 1.42 bits per heavy atom. The molecule has 0 aliphatic carbocycles. The molecule has 108 valence electrons. The summed E-state index contributed by atoms with van der Waals surface area (Å²) in [4.78, 5) is 10.4. The van der Waals surface area contributed by atoms with Gasteiger partial charge >= 0.3 is 0 Å². The van der Waals surface area contributed by atoms with E-state index in [1.54, 1.807) is 0 Å². The lowest BCUT2D eigenvalue weighted by Crippen LogP contribution is -2.31. The highest BCUT2D eigenvalue weighted by Crippen LogP contribution is 2.24. The van der Waals surface area contributed by atoms with Crippen LogP contribution in [0.25, 0.3) is 0 Å². The van der Waals surface area contributed by atoms with Crippen molar-refractivity contribution in [2.45, 2.75) is 33.2 Å². The van der Waals surface area contributed by atoms with Crippen LogP contribution in [-0.2, 0) is 0 Å². The van der Waals surface area contributed by atoms with Gasteiger partial charge in [0.25, 0.3) is 0 Å². The van der Waals surface area contributed by atoms with E-state index in [-0.39, 0.29) is 0 Å². The van der Waals surface area contributed by atoms with Gasteiger partial charge in [-0.2, -0.15) is 4.98 Å². The zero-order valence-corrected chi connectivity index (χ0v) is 12.3. The fourth-order valence-electron chi connectivity index (χ4n) is 1.44. The van der Waals surface area contributed by atoms with Gasteiger partial charge in [-0.25, -0.2) is 4.98 Å². The van der Waals surface area contributed by atoms with Gasteiger partial charge in [0, 0.05) is 19.1 Å². The number of hydrogen-bond acceptors (Lipinski definition) is 6. The molecular formula is C13H25N5O. The number of nitrogens with one attached hydrogen (secondary N) is 1. The highest BCUT2D eigenvalue weighted by Gasteiger charge is 2.09. The van der Waals surface area contributed by atoms with Gasteiger partial charge in [0.05, 0.1) is 6.61 Å². The van der Waals surface area contributed by atoms with Gasteiger partial charge in [0.1, 0.15) is 12.0 Å². The second-order valence-corrected chi connectivity index (χ2v) is 4.79. The number of hydrogen-bond donors (Lipinski definition) is 2. The van der Waals surface area contributed by atoms with Crippen molar-refractivity contribution in [1.82, 2.24) is 14.9 Å². The first kappa shape index (κ1) is 15.5. The van der Waals surface area contributed by atoms with E-state index in [0.717, 1.165) is 19.5 Å². The van der Waals surface area contributed by atoms with Crippen molar-refractivity contribution in [2.24, 2.45) is 0 Å². The average molecular weight is 267 g/mol. The number of nitrogens with zero attached hydrogens (tertiary/aromatic N) is 3. The SMILES string of the molecule is CCCOc1ncnc(NCCN(C)C(C)C)c1N. The quantitative estimate of drug-likeness (QED) is 0.745. The lowest BCUT2D eigenvalue weighted by atomic mass is 10.3. The molecule has 19 heavy (non-hydrogen) atoms. The summed E-state index contributed by atoms with van der Waals surface area (Å²) in [6, 6.07) is 0.521. The zero-order valence-electron chi connectivity index (χ0n) is 12.3. The van der Waals surface area contributed by atoms with Gasteiger partial charge in [-0.15, -0.1) is 0 Å². The molecule has 0 saturated carbocycles. The van der Waals surface area contributed by atoms with Crippen molar-refractivity contribution in [3.63, 3.8) is 0 Å². The number of nitrogen functional groups attached to an aromatic ring is 1. The molecule has 6 nitrogen and oxygen atoms in total. The van der Waals surface area contributed by atoms with Gasteiger partial charge in [0.15, 0.2) is 5.82 Å². The van der Waals surface area contributed by atoms with Crippen molar-refractivity contribution >= 4 is 11.5 Å². The minimum atomic E-state index is 0.455. The standard InChI is InChI=1S/C13H25N5O/c1-5-8-19-13-11(14)12(16-9-17-13)15-6-7-18(4)10(2)3/h9-10H,5-8,14H2,1-4H3,(H,15,16,17). The first-order chi connectivity index (χ1) is 9.06. The summed E-state index contributed by atoms with van der Waals surface area (Å²) in [5.74, 6) is 1.09. The van der Waals surface area contributed by atoms with Gasteiger partial charge in [-0.1, -0.05) is 6.92 Å². The van der Waals surface area contributed by atoms with Crippen LogP contribution in [-0.4, -0.2) is 47.7 Å². The van der Waals surface area contributed by atoms with Crippen LogP contribution >= 0.6 is 0 Å². The third-order valence-corrected chi connectivity index (χ3v) is 2.93. The Hall–Kier alpha value is -1.56. The molecule has 0 spiro atoms. The molecule has 1 aromatic heterocycles. The van der Waals surface area contributed by atoms with Gasteiger partial charge in [-0.05, 0) is 27.3 Å². The fraction of sp³-hybridized carbons (Fsp3) is 0.692. The predicted octanol–water partition coefficient (Wildman–Crippen LogP) is 1.60. The Morgan fingerprint density at radius 2 is 2.16 bits per heavy atom. The molecule has 1 rings (SSSR count). The van der Waals surface area contributed by atoms with Crippen LogP contribution in [0.4, 0.5) is 11.5 Å². The topological polar surface area (TPSA) is 76.3 Å². The summed E-state index contributed by atoms with van der Waals surface area (Å²) in [5.41, 5.74) is 6.45. The molecule has 1 heterocycles. The Kier molecular flexibility index (Phi) is 6.35. The molecule has 0 atom stereocenters. The predicted molar refractivity (Wildman–Crippen MR) is 78.5 cm³/mol. The third kappa shape index (κ3) is 4.90. The maximum absolute atomic E-state index is 5.97. The molecule has 0 amide bonds. The van der Waals surface area contributed by atoms with E-state index >= 15 is 0 Å². The molecule has 0 fully saturated rings. The number of ether oxygens (including phenoxy) is 1. The molecule has 0 aliphatic rings. The molecule has 1 aromatic rings. The van der Waals surface area contributed by atoms with Crippen LogP contribution in [0.15, 0.2) is 6.33 Å². The van der Waals surface area contributed by atoms with Crippen LogP contribution in [0.1, 0.15) is 27.2 Å². The highest BCUT2D eigenvalue weighted by atomic mass is 16.5. The van der Waals surface area contributed by atoms with E-state index in [1.165, 1.54) is 6.33 Å². The van der Waals surface area contributed by atoms with Gasteiger partial charge < -0.3 is 20.7 Å². The van der Waals surface area contributed by atoms with E-state index in [4.69, 9.17) is 10.5 Å². The largest absolute Gasteiger partial charge is 0.476 e. The van der Waals surface area contributed by atoms with Crippen molar-refractivity contribution in [3.05, 3.63) is 6.33 Å². The number of aromatic nitrogens is 2. The van der Waals surface area contributed by atoms with Crippen LogP contribution < -0.4 is 15.8 Å². The fourth-order valence-corrected chi connectivity index (χ4v) is 1.44. The number of rotatable bonds is 8. The summed E-state index contributed by atoms with van der Waals surface area (Å²) < 4.78 is 5.47. The van der Waals surface area contributed by atoms with Crippen LogP contribution in [0, 0.1) is 0 Å². The minimum absolute atomic E-state index is 0.455. The van der Waals surface area contributed by atoms with Crippen molar-refractivity contribution < 1.29 is 4.74 Å². The first-order valence-electron chi connectivity index (χ1n) is 6.73. The van der Waals surface area contributed by atoms with Gasteiger partial charge in [0.2, 0.25) is 5.88 Å². The van der Waals surface area contributed by atoms with E-state index < -0.39 is 0 Å². The summed E-state index contributed by atoms with van der Waals surface area (Å²) in [6.07, 6.45) is 2.39. The van der Waals surface area contributed by atoms with Crippen molar-refractivity contribution in [2.75, 3.05) is 37.8 Å². The summed E-state index contributed by atoms with van der Waals surface area (Å²) >= 11 is 0. The number of likely N-dealkylation sites (N-methyl/N-ethyl adjacent to an activating group) is 1. The van der Waals surface area contributed by atoms with Crippen molar-refractivity contribution in [1.29, 1.82) is 0 Å². The van der Waals surface area contributed by atoms with E-state index in [9.17, 15) is 0 Å². The van der Waals surface area contributed by atoms with Crippen LogP contribution in [0.5, 0.6) is 5.88 Å². The molecular weight excluding hydrogens is 242 g/mol. The first-order valence-corrected chi connectivity index (χ1v) is 6.73. The minimum Gasteiger partial charge on any atom is -0.476 e. The zero-order chi connectivity index (χ0) is 14.3. The number of anilines is 2. The molecule has 0 saturated heterocycles. The van der Waals surface area contributed by atoms with Crippen LogP contribution in [0.2, 0.25) is 0 Å².